The van der Waals surface area contributed by atoms with Crippen LogP contribution in [0.4, 0.5) is 0 Å². The van der Waals surface area contributed by atoms with Gasteiger partial charge in [-0.3, -0.25) is 4.90 Å². The second-order valence-corrected chi connectivity index (χ2v) is 6.03. The third kappa shape index (κ3) is 3.74. The number of fused-ring (bicyclic) bond motifs is 1. The van der Waals surface area contributed by atoms with E-state index in [0.717, 1.165) is 31.7 Å². The number of benzene rings is 1. The van der Waals surface area contributed by atoms with Crippen molar-refractivity contribution in [2.24, 2.45) is 7.05 Å². The second-order valence-electron chi connectivity index (χ2n) is 6.03. The molecule has 1 aromatic heterocycles. The Bertz CT molecular complexity index is 610. The number of aryl methyl sites for hydroxylation is 1. The second kappa shape index (κ2) is 7.05. The average molecular weight is 300 g/mol. The first-order valence-electron chi connectivity index (χ1n) is 7.85. The van der Waals surface area contributed by atoms with E-state index in [1.165, 1.54) is 11.1 Å². The minimum atomic E-state index is -0.349. The van der Waals surface area contributed by atoms with E-state index in [1.54, 1.807) is 6.33 Å². The van der Waals surface area contributed by atoms with Crippen LogP contribution >= 0.6 is 0 Å². The van der Waals surface area contributed by atoms with E-state index < -0.39 is 0 Å². The molecule has 0 saturated heterocycles. The fourth-order valence-corrected chi connectivity index (χ4v) is 2.99. The molecule has 3 rings (SSSR count). The molecule has 5 heteroatoms. The van der Waals surface area contributed by atoms with Gasteiger partial charge < -0.3 is 15.0 Å². The number of rotatable bonds is 6. The molecule has 2 aromatic rings. The van der Waals surface area contributed by atoms with Crippen molar-refractivity contribution in [3.63, 3.8) is 0 Å². The molecular formula is C17H24N4O. The maximum Gasteiger partial charge on any atom is 0.0945 e. The standard InChI is InChI=1S/C17H24N4O/c1-20-13-19-9-16(20)8-18-10-17(22)12-21-7-6-14-4-2-3-5-15(14)11-21/h2-5,9,13,17-18,22H,6-8,10-12H2,1H3. The lowest BCUT2D eigenvalue weighted by Gasteiger charge is -2.30. The number of hydrogen-bond acceptors (Lipinski definition) is 4. The number of aliphatic hydroxyl groups excluding tert-OH is 1. The number of nitrogens with zero attached hydrogens (tertiary/aromatic N) is 3. The Morgan fingerprint density at radius 1 is 1.32 bits per heavy atom. The van der Waals surface area contributed by atoms with Crippen LogP contribution in [0, 0.1) is 0 Å². The minimum absolute atomic E-state index is 0.349. The molecule has 2 N–H and O–H groups in total. The number of hydrogen-bond donors (Lipinski definition) is 2. The van der Waals surface area contributed by atoms with Gasteiger partial charge in [0, 0.05) is 46.0 Å². The smallest absolute Gasteiger partial charge is 0.0945 e. The summed E-state index contributed by atoms with van der Waals surface area (Å²) in [5.74, 6) is 0. The van der Waals surface area contributed by atoms with Gasteiger partial charge in [0.2, 0.25) is 0 Å². The summed E-state index contributed by atoms with van der Waals surface area (Å²) in [6.07, 6.45) is 4.36. The fraction of sp³-hybridized carbons (Fsp3) is 0.471. The van der Waals surface area contributed by atoms with E-state index >= 15 is 0 Å². The first kappa shape index (κ1) is 15.2. The van der Waals surface area contributed by atoms with E-state index in [1.807, 2.05) is 17.8 Å². The van der Waals surface area contributed by atoms with Crippen molar-refractivity contribution in [2.45, 2.75) is 25.6 Å². The van der Waals surface area contributed by atoms with Crippen LogP contribution in [0.3, 0.4) is 0 Å². The number of β-amino-alcohol motifs (C(OH)–C–C–N with tert-alkyl or cyclic N) is 1. The van der Waals surface area contributed by atoms with Crippen LogP contribution < -0.4 is 5.32 Å². The quantitative estimate of drug-likeness (QED) is 0.833. The number of imidazole rings is 1. The lowest BCUT2D eigenvalue weighted by Crippen LogP contribution is -2.40. The molecule has 1 unspecified atom stereocenters. The molecule has 1 aromatic carbocycles. The summed E-state index contributed by atoms with van der Waals surface area (Å²) >= 11 is 0. The average Bonchev–Trinajstić information content (AvgIpc) is 2.92. The van der Waals surface area contributed by atoms with Gasteiger partial charge in [-0.15, -0.1) is 0 Å². The molecule has 2 heterocycles. The van der Waals surface area contributed by atoms with Crippen LogP contribution in [0.25, 0.3) is 0 Å². The maximum atomic E-state index is 10.2. The third-order valence-corrected chi connectivity index (χ3v) is 4.28. The van der Waals surface area contributed by atoms with Crippen molar-refractivity contribution >= 4 is 0 Å². The molecule has 0 aliphatic carbocycles. The molecule has 22 heavy (non-hydrogen) atoms. The van der Waals surface area contributed by atoms with Crippen LogP contribution in [-0.2, 0) is 26.6 Å². The van der Waals surface area contributed by atoms with Gasteiger partial charge in [0.25, 0.3) is 0 Å². The van der Waals surface area contributed by atoms with Crippen molar-refractivity contribution in [3.05, 3.63) is 53.6 Å². The molecule has 1 atom stereocenters. The fourth-order valence-electron chi connectivity index (χ4n) is 2.99. The molecule has 1 aliphatic rings. The number of aromatic nitrogens is 2. The summed E-state index contributed by atoms with van der Waals surface area (Å²) < 4.78 is 1.99. The predicted octanol–water partition coefficient (Wildman–Crippen LogP) is 0.929. The van der Waals surface area contributed by atoms with Gasteiger partial charge in [-0.2, -0.15) is 0 Å². The van der Waals surface area contributed by atoms with Crippen molar-refractivity contribution in [2.75, 3.05) is 19.6 Å². The van der Waals surface area contributed by atoms with Crippen LogP contribution in [0.15, 0.2) is 36.8 Å². The van der Waals surface area contributed by atoms with Crippen molar-refractivity contribution in [1.82, 2.24) is 19.8 Å². The SMILES string of the molecule is Cn1cncc1CNCC(O)CN1CCc2ccccc2C1. The number of nitrogens with one attached hydrogen (secondary N) is 1. The molecule has 0 fully saturated rings. The zero-order valence-electron chi connectivity index (χ0n) is 13.1. The summed E-state index contributed by atoms with van der Waals surface area (Å²) in [7, 11) is 1.98. The Balaban J connectivity index is 1.43. The van der Waals surface area contributed by atoms with Gasteiger partial charge in [0.05, 0.1) is 18.1 Å². The monoisotopic (exact) mass is 300 g/mol. The lowest BCUT2D eigenvalue weighted by atomic mass is 10.00. The van der Waals surface area contributed by atoms with Crippen LogP contribution in [0.2, 0.25) is 0 Å². The van der Waals surface area contributed by atoms with Crippen LogP contribution in [0.1, 0.15) is 16.8 Å². The molecule has 0 radical (unpaired) electrons. The van der Waals surface area contributed by atoms with Crippen molar-refractivity contribution < 1.29 is 5.11 Å². The van der Waals surface area contributed by atoms with Crippen LogP contribution in [-0.4, -0.2) is 45.3 Å². The predicted molar refractivity (Wildman–Crippen MR) is 86.3 cm³/mol. The highest BCUT2D eigenvalue weighted by atomic mass is 16.3. The lowest BCUT2D eigenvalue weighted by molar-refractivity contribution is 0.104. The Kier molecular flexibility index (Phi) is 4.87. The van der Waals surface area contributed by atoms with Gasteiger partial charge in [-0.25, -0.2) is 4.98 Å². The highest BCUT2D eigenvalue weighted by Crippen LogP contribution is 2.18. The Morgan fingerprint density at radius 3 is 2.91 bits per heavy atom. The van der Waals surface area contributed by atoms with Crippen LogP contribution in [0.5, 0.6) is 0 Å². The first-order chi connectivity index (χ1) is 10.7. The van der Waals surface area contributed by atoms with Gasteiger partial charge in [0.15, 0.2) is 0 Å². The molecular weight excluding hydrogens is 276 g/mol. The summed E-state index contributed by atoms with van der Waals surface area (Å²) in [6.45, 7) is 4.01. The molecule has 0 bridgehead atoms. The molecule has 0 spiro atoms. The maximum absolute atomic E-state index is 10.2. The molecule has 0 amide bonds. The third-order valence-electron chi connectivity index (χ3n) is 4.28. The Morgan fingerprint density at radius 2 is 2.14 bits per heavy atom. The van der Waals surface area contributed by atoms with E-state index in [-0.39, 0.29) is 6.10 Å². The highest BCUT2D eigenvalue weighted by molar-refractivity contribution is 5.29. The van der Waals surface area contributed by atoms with E-state index in [9.17, 15) is 5.11 Å². The topological polar surface area (TPSA) is 53.3 Å². The molecule has 118 valence electrons. The highest BCUT2D eigenvalue weighted by Gasteiger charge is 2.18. The number of aliphatic hydroxyl groups is 1. The zero-order valence-corrected chi connectivity index (χ0v) is 13.1. The summed E-state index contributed by atoms with van der Waals surface area (Å²) in [5, 5.41) is 13.5. The Hall–Kier alpha value is -1.69. The Labute approximate surface area is 131 Å². The molecule has 0 saturated carbocycles. The van der Waals surface area contributed by atoms with Crippen molar-refractivity contribution in [3.8, 4) is 0 Å². The van der Waals surface area contributed by atoms with Gasteiger partial charge in [0.1, 0.15) is 0 Å². The molecule has 1 aliphatic heterocycles. The normalized spacial score (nSPS) is 16.5. The van der Waals surface area contributed by atoms with Crippen molar-refractivity contribution in [1.29, 1.82) is 0 Å². The largest absolute Gasteiger partial charge is 0.390 e. The first-order valence-corrected chi connectivity index (χ1v) is 7.85. The van der Waals surface area contributed by atoms with Gasteiger partial charge in [-0.05, 0) is 17.5 Å². The zero-order chi connectivity index (χ0) is 15.4. The summed E-state index contributed by atoms with van der Waals surface area (Å²) in [5.41, 5.74) is 3.96. The molecule has 5 nitrogen and oxygen atoms in total. The van der Waals surface area contributed by atoms with E-state index in [4.69, 9.17) is 0 Å². The van der Waals surface area contributed by atoms with Gasteiger partial charge >= 0.3 is 0 Å². The summed E-state index contributed by atoms with van der Waals surface area (Å²) in [4.78, 5) is 6.42. The van der Waals surface area contributed by atoms with Gasteiger partial charge in [-0.1, -0.05) is 24.3 Å². The summed E-state index contributed by atoms with van der Waals surface area (Å²) in [6, 6.07) is 8.59. The van der Waals surface area contributed by atoms with E-state index in [0.29, 0.717) is 13.1 Å². The minimum Gasteiger partial charge on any atom is -0.390 e. The van der Waals surface area contributed by atoms with E-state index in [2.05, 4.69) is 39.5 Å².